The van der Waals surface area contributed by atoms with E-state index in [2.05, 4.69) is 53.5 Å². The normalized spacial score (nSPS) is 18.0. The lowest BCUT2D eigenvalue weighted by Crippen LogP contribution is -2.39. The second-order valence-corrected chi connectivity index (χ2v) is 4.97. The molecule has 74 valence electrons. The maximum atomic E-state index is 2.41. The van der Waals surface area contributed by atoms with Crippen LogP contribution in [0.25, 0.3) is 0 Å². The van der Waals surface area contributed by atoms with Crippen molar-refractivity contribution in [1.82, 2.24) is 4.90 Å². The van der Waals surface area contributed by atoms with Gasteiger partial charge in [0.1, 0.15) is 0 Å². The van der Waals surface area contributed by atoms with E-state index in [0.29, 0.717) is 11.5 Å². The molecule has 0 saturated carbocycles. The molecular weight excluding hydrogens is 146 g/mol. The first-order valence-electron chi connectivity index (χ1n) is 5.01. The predicted octanol–water partition coefficient (Wildman–Crippen LogP) is 3.01. The van der Waals surface area contributed by atoms with E-state index in [0.717, 1.165) is 12.5 Å². The van der Waals surface area contributed by atoms with Crippen LogP contribution in [0.3, 0.4) is 0 Å². The van der Waals surface area contributed by atoms with Crippen LogP contribution in [0.5, 0.6) is 0 Å². The predicted molar refractivity (Wildman–Crippen MR) is 56.4 cm³/mol. The van der Waals surface area contributed by atoms with Crippen molar-refractivity contribution >= 4 is 0 Å². The minimum Gasteiger partial charge on any atom is -0.304 e. The van der Waals surface area contributed by atoms with Crippen LogP contribution in [0.15, 0.2) is 0 Å². The van der Waals surface area contributed by atoms with Gasteiger partial charge in [-0.05, 0) is 31.8 Å². The first-order valence-corrected chi connectivity index (χ1v) is 5.01. The third-order valence-electron chi connectivity index (χ3n) is 3.28. The highest BCUT2D eigenvalue weighted by Gasteiger charge is 2.26. The highest BCUT2D eigenvalue weighted by molar-refractivity contribution is 4.79. The van der Waals surface area contributed by atoms with E-state index in [4.69, 9.17) is 0 Å². The van der Waals surface area contributed by atoms with Crippen molar-refractivity contribution in [3.63, 3.8) is 0 Å². The maximum absolute atomic E-state index is 2.41. The molecule has 0 aliphatic heterocycles. The van der Waals surface area contributed by atoms with Crippen molar-refractivity contribution in [3.8, 4) is 0 Å². The van der Waals surface area contributed by atoms with Gasteiger partial charge in [-0.15, -0.1) is 0 Å². The van der Waals surface area contributed by atoms with Crippen molar-refractivity contribution in [2.45, 2.75) is 47.6 Å². The van der Waals surface area contributed by atoms with E-state index in [1.165, 1.54) is 0 Å². The molecule has 0 fully saturated rings. The molecule has 0 radical (unpaired) electrons. The molecular formula is C11H25N. The Balaban J connectivity index is 4.19. The average Bonchev–Trinajstić information content (AvgIpc) is 1.98. The van der Waals surface area contributed by atoms with Crippen molar-refractivity contribution < 1.29 is 0 Å². The quantitative estimate of drug-likeness (QED) is 0.631. The minimum atomic E-state index is 0.419. The molecule has 0 aromatic rings. The summed E-state index contributed by atoms with van der Waals surface area (Å²) in [6, 6.07) is 0.676. The third kappa shape index (κ3) is 3.14. The molecule has 0 spiro atoms. The maximum Gasteiger partial charge on any atom is 0.00943 e. The van der Waals surface area contributed by atoms with Crippen LogP contribution in [0.2, 0.25) is 0 Å². The van der Waals surface area contributed by atoms with E-state index in [9.17, 15) is 0 Å². The van der Waals surface area contributed by atoms with E-state index in [-0.39, 0.29) is 0 Å². The van der Waals surface area contributed by atoms with Crippen LogP contribution in [0.4, 0.5) is 0 Å². The Morgan fingerprint density at radius 1 is 1.17 bits per heavy atom. The fourth-order valence-corrected chi connectivity index (χ4v) is 1.39. The summed E-state index contributed by atoms with van der Waals surface area (Å²) in [5, 5.41) is 0. The van der Waals surface area contributed by atoms with Crippen molar-refractivity contribution in [1.29, 1.82) is 0 Å². The van der Waals surface area contributed by atoms with Gasteiger partial charge in [-0.1, -0.05) is 34.6 Å². The number of hydrogen-bond acceptors (Lipinski definition) is 1. The lowest BCUT2D eigenvalue weighted by atomic mass is 9.77. The second kappa shape index (κ2) is 4.27. The lowest BCUT2D eigenvalue weighted by Gasteiger charge is -2.37. The Kier molecular flexibility index (Phi) is 4.25. The monoisotopic (exact) mass is 171 g/mol. The lowest BCUT2D eigenvalue weighted by molar-refractivity contribution is 0.122. The Hall–Kier alpha value is -0.0400. The number of nitrogens with zero attached hydrogens (tertiary/aromatic N) is 1. The highest BCUT2D eigenvalue weighted by atomic mass is 15.1. The van der Waals surface area contributed by atoms with Gasteiger partial charge >= 0.3 is 0 Å². The molecule has 0 N–H and O–H groups in total. The molecule has 2 atom stereocenters. The number of hydrogen-bond donors (Lipinski definition) is 0. The molecule has 1 nitrogen and oxygen atoms in total. The Bertz CT molecular complexity index is 123. The first kappa shape index (κ1) is 12.0. The van der Waals surface area contributed by atoms with Gasteiger partial charge in [0.15, 0.2) is 0 Å². The van der Waals surface area contributed by atoms with E-state index >= 15 is 0 Å². The molecule has 0 aromatic heterocycles. The van der Waals surface area contributed by atoms with Gasteiger partial charge in [-0.2, -0.15) is 0 Å². The smallest absolute Gasteiger partial charge is 0.00943 e. The third-order valence-corrected chi connectivity index (χ3v) is 3.28. The van der Waals surface area contributed by atoms with Crippen LogP contribution in [-0.4, -0.2) is 24.5 Å². The summed E-state index contributed by atoms with van der Waals surface area (Å²) in [6.45, 7) is 15.0. The zero-order valence-corrected chi connectivity index (χ0v) is 9.81. The summed E-state index contributed by atoms with van der Waals surface area (Å²) in [6.07, 6.45) is 0. The van der Waals surface area contributed by atoms with Crippen molar-refractivity contribution in [3.05, 3.63) is 0 Å². The summed E-state index contributed by atoms with van der Waals surface area (Å²) in [4.78, 5) is 2.41. The zero-order valence-electron chi connectivity index (χ0n) is 9.81. The van der Waals surface area contributed by atoms with Crippen molar-refractivity contribution in [2.75, 3.05) is 13.6 Å². The van der Waals surface area contributed by atoms with Gasteiger partial charge in [0.25, 0.3) is 0 Å². The summed E-state index contributed by atoms with van der Waals surface area (Å²) in [7, 11) is 2.20. The molecule has 1 unspecified atom stereocenters. The molecule has 0 aromatic carbocycles. The molecule has 0 saturated heterocycles. The largest absolute Gasteiger partial charge is 0.304 e. The van der Waals surface area contributed by atoms with Gasteiger partial charge in [0, 0.05) is 6.04 Å². The van der Waals surface area contributed by atoms with Gasteiger partial charge in [-0.25, -0.2) is 0 Å². The van der Waals surface area contributed by atoms with Crippen LogP contribution < -0.4 is 0 Å². The molecule has 0 heterocycles. The Labute approximate surface area is 78.1 Å². The first-order chi connectivity index (χ1) is 5.30. The standard InChI is InChI=1S/C11H25N/c1-8-12(7)10(3)9(2)11(4,5)6/h9-10H,8H2,1-7H3/t9-,10?/m1/s1. The summed E-state index contributed by atoms with van der Waals surface area (Å²) >= 11 is 0. The van der Waals surface area contributed by atoms with Crippen LogP contribution in [-0.2, 0) is 0 Å². The molecule has 12 heavy (non-hydrogen) atoms. The fraction of sp³-hybridized carbons (Fsp3) is 1.00. The van der Waals surface area contributed by atoms with Gasteiger partial charge in [0.2, 0.25) is 0 Å². The van der Waals surface area contributed by atoms with Crippen molar-refractivity contribution in [2.24, 2.45) is 11.3 Å². The molecule has 0 bridgehead atoms. The molecule has 0 amide bonds. The minimum absolute atomic E-state index is 0.419. The molecule has 0 aliphatic carbocycles. The second-order valence-electron chi connectivity index (χ2n) is 4.97. The average molecular weight is 171 g/mol. The fourth-order valence-electron chi connectivity index (χ4n) is 1.39. The van der Waals surface area contributed by atoms with E-state index < -0.39 is 0 Å². The van der Waals surface area contributed by atoms with Crippen LogP contribution in [0, 0.1) is 11.3 Å². The molecule has 0 aliphatic rings. The summed E-state index contributed by atoms with van der Waals surface area (Å²) in [5.74, 6) is 0.738. The zero-order chi connectivity index (χ0) is 9.94. The SMILES string of the molecule is CCN(C)C(C)[C@@H](C)C(C)(C)C. The van der Waals surface area contributed by atoms with Crippen LogP contribution >= 0.6 is 0 Å². The van der Waals surface area contributed by atoms with E-state index in [1.807, 2.05) is 0 Å². The summed E-state index contributed by atoms with van der Waals surface area (Å²) < 4.78 is 0. The molecule has 0 rings (SSSR count). The molecule has 1 heteroatoms. The highest BCUT2D eigenvalue weighted by Crippen LogP contribution is 2.29. The Morgan fingerprint density at radius 3 is 1.83 bits per heavy atom. The number of rotatable bonds is 3. The summed E-state index contributed by atoms with van der Waals surface area (Å²) in [5.41, 5.74) is 0.419. The van der Waals surface area contributed by atoms with E-state index in [1.54, 1.807) is 0 Å². The van der Waals surface area contributed by atoms with Gasteiger partial charge in [0.05, 0.1) is 0 Å². The van der Waals surface area contributed by atoms with Gasteiger partial charge < -0.3 is 4.90 Å². The topological polar surface area (TPSA) is 3.24 Å². The Morgan fingerprint density at radius 2 is 1.58 bits per heavy atom. The van der Waals surface area contributed by atoms with Gasteiger partial charge in [-0.3, -0.25) is 0 Å². The van der Waals surface area contributed by atoms with Crippen LogP contribution in [0.1, 0.15) is 41.5 Å².